The van der Waals surface area contributed by atoms with Gasteiger partial charge in [-0.15, -0.1) is 10.2 Å². The van der Waals surface area contributed by atoms with Gasteiger partial charge in [0.15, 0.2) is 11.5 Å². The standard InChI is InChI=1S/C17H13ClN2O4S/c18-12-2-4-13(5-3-12)21-7-8-25-17-20-19-16(24-17)11-1-6-14-15(9-11)23-10-22-14/h1-6,9H,7-8,10H2. The first kappa shape index (κ1) is 16.1. The van der Waals surface area contributed by atoms with Crippen LogP contribution in [0.1, 0.15) is 0 Å². The van der Waals surface area contributed by atoms with Crippen LogP contribution in [0, 0.1) is 0 Å². The van der Waals surface area contributed by atoms with E-state index in [2.05, 4.69) is 10.2 Å². The quantitative estimate of drug-likeness (QED) is 0.469. The third-order valence-corrected chi connectivity index (χ3v) is 4.45. The number of fused-ring (bicyclic) bond motifs is 1. The lowest BCUT2D eigenvalue weighted by Crippen LogP contribution is -1.99. The minimum absolute atomic E-state index is 0.233. The molecule has 0 aliphatic carbocycles. The third-order valence-electron chi connectivity index (χ3n) is 3.42. The zero-order chi connectivity index (χ0) is 17.1. The van der Waals surface area contributed by atoms with Crippen molar-refractivity contribution < 1.29 is 18.6 Å². The highest BCUT2D eigenvalue weighted by Gasteiger charge is 2.16. The molecule has 25 heavy (non-hydrogen) atoms. The van der Waals surface area contributed by atoms with Crippen LogP contribution in [0.2, 0.25) is 5.02 Å². The van der Waals surface area contributed by atoms with Crippen molar-refractivity contribution >= 4 is 23.4 Å². The highest BCUT2D eigenvalue weighted by molar-refractivity contribution is 7.99. The Morgan fingerprint density at radius 3 is 2.76 bits per heavy atom. The predicted molar refractivity (Wildman–Crippen MR) is 93.5 cm³/mol. The molecule has 0 saturated heterocycles. The molecule has 1 aliphatic rings. The Morgan fingerprint density at radius 2 is 1.88 bits per heavy atom. The first-order chi connectivity index (χ1) is 12.3. The summed E-state index contributed by atoms with van der Waals surface area (Å²) < 4.78 is 21.9. The molecule has 128 valence electrons. The normalized spacial score (nSPS) is 12.4. The number of rotatable bonds is 6. The van der Waals surface area contributed by atoms with Gasteiger partial charge < -0.3 is 18.6 Å². The Bertz CT molecular complexity index is 869. The summed E-state index contributed by atoms with van der Waals surface area (Å²) in [6, 6.07) is 12.8. The van der Waals surface area contributed by atoms with Crippen molar-refractivity contribution in [1.82, 2.24) is 10.2 Å². The van der Waals surface area contributed by atoms with E-state index >= 15 is 0 Å². The van der Waals surface area contributed by atoms with Crippen molar-refractivity contribution in [3.63, 3.8) is 0 Å². The lowest BCUT2D eigenvalue weighted by atomic mass is 10.2. The Hall–Kier alpha value is -2.38. The van der Waals surface area contributed by atoms with E-state index in [1.54, 1.807) is 12.1 Å². The topological polar surface area (TPSA) is 66.6 Å². The monoisotopic (exact) mass is 376 g/mol. The molecule has 3 aromatic rings. The zero-order valence-corrected chi connectivity index (χ0v) is 14.5. The van der Waals surface area contributed by atoms with Crippen LogP contribution in [0.15, 0.2) is 52.1 Å². The van der Waals surface area contributed by atoms with Crippen LogP contribution in [0.3, 0.4) is 0 Å². The molecule has 0 bridgehead atoms. The molecule has 0 amide bonds. The fourth-order valence-corrected chi connectivity index (χ4v) is 2.94. The Kier molecular flexibility index (Phi) is 4.67. The molecule has 0 radical (unpaired) electrons. The Labute approximate surface area is 153 Å². The SMILES string of the molecule is Clc1ccc(OCCSc2nnc(-c3ccc4c(c3)OCO4)o2)cc1. The minimum Gasteiger partial charge on any atom is -0.493 e. The van der Waals surface area contributed by atoms with E-state index < -0.39 is 0 Å². The molecule has 0 unspecified atom stereocenters. The van der Waals surface area contributed by atoms with Crippen LogP contribution in [-0.4, -0.2) is 29.4 Å². The number of nitrogens with zero attached hydrogens (tertiary/aromatic N) is 2. The van der Waals surface area contributed by atoms with Gasteiger partial charge in [-0.05, 0) is 42.5 Å². The van der Waals surface area contributed by atoms with E-state index in [1.165, 1.54) is 11.8 Å². The molecule has 0 atom stereocenters. The molecule has 0 fully saturated rings. The van der Waals surface area contributed by atoms with E-state index in [9.17, 15) is 0 Å². The number of thioether (sulfide) groups is 1. The van der Waals surface area contributed by atoms with Crippen molar-refractivity contribution in [2.75, 3.05) is 19.2 Å². The largest absolute Gasteiger partial charge is 0.493 e. The summed E-state index contributed by atoms with van der Waals surface area (Å²) in [4.78, 5) is 0. The average Bonchev–Trinajstić information content (AvgIpc) is 3.29. The van der Waals surface area contributed by atoms with Gasteiger partial charge in [0.2, 0.25) is 12.7 Å². The highest BCUT2D eigenvalue weighted by Crippen LogP contribution is 2.36. The third kappa shape index (κ3) is 3.83. The maximum Gasteiger partial charge on any atom is 0.276 e. The Balaban J connectivity index is 1.31. The minimum atomic E-state index is 0.233. The summed E-state index contributed by atoms with van der Waals surface area (Å²) in [6.07, 6.45) is 0. The smallest absolute Gasteiger partial charge is 0.276 e. The lowest BCUT2D eigenvalue weighted by Gasteiger charge is -2.04. The number of benzene rings is 2. The van der Waals surface area contributed by atoms with Crippen molar-refractivity contribution in [2.45, 2.75) is 5.22 Å². The number of hydrogen-bond donors (Lipinski definition) is 0. The van der Waals surface area contributed by atoms with E-state index in [-0.39, 0.29) is 6.79 Å². The van der Waals surface area contributed by atoms with Gasteiger partial charge >= 0.3 is 0 Å². The van der Waals surface area contributed by atoms with Crippen LogP contribution >= 0.6 is 23.4 Å². The van der Waals surface area contributed by atoms with Crippen molar-refractivity contribution in [1.29, 1.82) is 0 Å². The molecular weight excluding hydrogens is 364 g/mol. The summed E-state index contributed by atoms with van der Waals surface area (Å²) in [5.74, 6) is 3.31. The van der Waals surface area contributed by atoms with E-state index in [0.29, 0.717) is 34.2 Å². The van der Waals surface area contributed by atoms with Crippen LogP contribution in [0.25, 0.3) is 11.5 Å². The second-order valence-electron chi connectivity index (χ2n) is 5.09. The van der Waals surface area contributed by atoms with Gasteiger partial charge in [0, 0.05) is 16.3 Å². The molecule has 1 aliphatic heterocycles. The first-order valence-corrected chi connectivity index (χ1v) is 8.89. The summed E-state index contributed by atoms with van der Waals surface area (Å²) in [5, 5.41) is 9.29. The molecule has 0 spiro atoms. The predicted octanol–water partition coefficient (Wildman–Crippen LogP) is 4.29. The molecule has 4 rings (SSSR count). The molecule has 2 heterocycles. The summed E-state index contributed by atoms with van der Waals surface area (Å²) in [7, 11) is 0. The summed E-state index contributed by atoms with van der Waals surface area (Å²) >= 11 is 7.27. The molecule has 6 nitrogen and oxygen atoms in total. The van der Waals surface area contributed by atoms with Crippen LogP contribution in [0.4, 0.5) is 0 Å². The highest BCUT2D eigenvalue weighted by atomic mass is 35.5. The summed E-state index contributed by atoms with van der Waals surface area (Å²) in [5.41, 5.74) is 0.793. The van der Waals surface area contributed by atoms with Gasteiger partial charge in [-0.25, -0.2) is 0 Å². The second kappa shape index (κ2) is 7.25. The number of hydrogen-bond acceptors (Lipinski definition) is 7. The van der Waals surface area contributed by atoms with Gasteiger partial charge in [0.05, 0.1) is 6.61 Å². The van der Waals surface area contributed by atoms with Gasteiger partial charge in [0.1, 0.15) is 5.75 Å². The zero-order valence-electron chi connectivity index (χ0n) is 13.0. The van der Waals surface area contributed by atoms with Crippen molar-refractivity contribution in [3.05, 3.63) is 47.5 Å². The van der Waals surface area contributed by atoms with Crippen LogP contribution < -0.4 is 14.2 Å². The molecule has 0 N–H and O–H groups in total. The first-order valence-electron chi connectivity index (χ1n) is 7.53. The van der Waals surface area contributed by atoms with Gasteiger partial charge in [0.25, 0.3) is 5.22 Å². The Morgan fingerprint density at radius 1 is 1.04 bits per heavy atom. The van der Waals surface area contributed by atoms with E-state index in [4.69, 9.17) is 30.2 Å². The van der Waals surface area contributed by atoms with E-state index in [0.717, 1.165) is 17.1 Å². The van der Waals surface area contributed by atoms with Gasteiger partial charge in [-0.1, -0.05) is 23.4 Å². The summed E-state index contributed by atoms with van der Waals surface area (Å²) in [6.45, 7) is 0.755. The molecular formula is C17H13ClN2O4S. The van der Waals surface area contributed by atoms with Gasteiger partial charge in [-0.3, -0.25) is 0 Å². The average molecular weight is 377 g/mol. The molecule has 8 heteroatoms. The maximum absolute atomic E-state index is 5.83. The van der Waals surface area contributed by atoms with Gasteiger partial charge in [-0.2, -0.15) is 0 Å². The fourth-order valence-electron chi connectivity index (χ4n) is 2.23. The van der Waals surface area contributed by atoms with Crippen LogP contribution in [0.5, 0.6) is 17.2 Å². The van der Waals surface area contributed by atoms with Crippen molar-refractivity contribution in [2.24, 2.45) is 0 Å². The molecule has 1 aromatic heterocycles. The van der Waals surface area contributed by atoms with Crippen molar-refractivity contribution in [3.8, 4) is 28.7 Å². The molecule has 0 saturated carbocycles. The number of ether oxygens (including phenoxy) is 3. The second-order valence-corrected chi connectivity index (χ2v) is 6.57. The lowest BCUT2D eigenvalue weighted by molar-refractivity contribution is 0.174. The van der Waals surface area contributed by atoms with Crippen LogP contribution in [-0.2, 0) is 0 Å². The maximum atomic E-state index is 5.83. The molecule has 2 aromatic carbocycles. The number of halogens is 1. The van der Waals surface area contributed by atoms with E-state index in [1.807, 2.05) is 30.3 Å². The fraction of sp³-hybridized carbons (Fsp3) is 0.176. The number of aromatic nitrogens is 2.